The first-order valence-corrected chi connectivity index (χ1v) is 6.93. The van der Waals surface area contributed by atoms with E-state index in [0.29, 0.717) is 6.54 Å². The third-order valence-electron chi connectivity index (χ3n) is 4.21. The number of ether oxygens (including phenoxy) is 1. The van der Waals surface area contributed by atoms with Gasteiger partial charge in [0.05, 0.1) is 18.7 Å². The van der Waals surface area contributed by atoms with Crippen LogP contribution in [0, 0.1) is 0 Å². The van der Waals surface area contributed by atoms with Gasteiger partial charge >= 0.3 is 0 Å². The lowest BCUT2D eigenvalue weighted by Crippen LogP contribution is -2.44. The van der Waals surface area contributed by atoms with Gasteiger partial charge in [0.2, 0.25) is 5.91 Å². The van der Waals surface area contributed by atoms with E-state index < -0.39 is 0 Å². The Morgan fingerprint density at radius 2 is 2.05 bits per heavy atom. The van der Waals surface area contributed by atoms with Crippen LogP contribution in [-0.4, -0.2) is 36.6 Å². The molecule has 2 aliphatic rings. The van der Waals surface area contributed by atoms with E-state index in [4.69, 9.17) is 4.74 Å². The second-order valence-electron chi connectivity index (χ2n) is 5.27. The van der Waals surface area contributed by atoms with Gasteiger partial charge in [-0.1, -0.05) is 30.3 Å². The summed E-state index contributed by atoms with van der Waals surface area (Å²) in [4.78, 5) is 14.2. The predicted molar refractivity (Wildman–Crippen MR) is 72.5 cm³/mol. The molecular weight excluding hydrogens is 240 g/mol. The highest BCUT2D eigenvalue weighted by Gasteiger charge is 2.42. The van der Waals surface area contributed by atoms with E-state index in [9.17, 15) is 4.79 Å². The summed E-state index contributed by atoms with van der Waals surface area (Å²) < 4.78 is 5.55. The average Bonchev–Trinajstić information content (AvgIpc) is 3.05. The van der Waals surface area contributed by atoms with E-state index in [0.717, 1.165) is 24.8 Å². The molecule has 102 valence electrons. The summed E-state index contributed by atoms with van der Waals surface area (Å²) in [6.07, 6.45) is 3.39. The summed E-state index contributed by atoms with van der Waals surface area (Å²) in [5.41, 5.74) is 1.15. The average molecular weight is 260 g/mol. The van der Waals surface area contributed by atoms with Crippen molar-refractivity contribution >= 4 is 5.91 Å². The van der Waals surface area contributed by atoms with Crippen LogP contribution < -0.4 is 5.32 Å². The molecule has 4 heteroatoms. The number of amides is 1. The molecule has 2 fully saturated rings. The molecule has 4 nitrogen and oxygen atoms in total. The number of carbonyl (C=O) groups excluding carboxylic acids is 1. The quantitative estimate of drug-likeness (QED) is 0.899. The Morgan fingerprint density at radius 1 is 1.26 bits per heavy atom. The zero-order valence-corrected chi connectivity index (χ0v) is 11.2. The van der Waals surface area contributed by atoms with Gasteiger partial charge in [0.25, 0.3) is 0 Å². The summed E-state index contributed by atoms with van der Waals surface area (Å²) in [5.74, 6) is 0.183. The first kappa shape index (κ1) is 12.6. The molecule has 1 aliphatic heterocycles. The van der Waals surface area contributed by atoms with Crippen LogP contribution in [0.5, 0.6) is 0 Å². The zero-order chi connectivity index (χ0) is 13.2. The van der Waals surface area contributed by atoms with Gasteiger partial charge in [0.1, 0.15) is 6.17 Å². The number of hydrogen-bond acceptors (Lipinski definition) is 3. The molecule has 1 aromatic rings. The molecule has 0 aromatic heterocycles. The van der Waals surface area contributed by atoms with E-state index in [-0.39, 0.29) is 24.2 Å². The number of carbonyl (C=O) groups is 1. The van der Waals surface area contributed by atoms with Crippen molar-refractivity contribution in [3.63, 3.8) is 0 Å². The van der Waals surface area contributed by atoms with Gasteiger partial charge < -0.3 is 9.64 Å². The molecule has 1 N–H and O–H groups in total. The summed E-state index contributed by atoms with van der Waals surface area (Å²) in [5, 5.41) is 3.32. The number of nitrogens with zero attached hydrogens (tertiary/aromatic N) is 1. The molecule has 1 heterocycles. The van der Waals surface area contributed by atoms with Crippen molar-refractivity contribution in [2.24, 2.45) is 0 Å². The van der Waals surface area contributed by atoms with Gasteiger partial charge in [-0.15, -0.1) is 0 Å². The minimum absolute atomic E-state index is 0.00514. The maximum atomic E-state index is 12.2. The largest absolute Gasteiger partial charge is 0.379 e. The highest BCUT2D eigenvalue weighted by molar-refractivity contribution is 5.81. The first-order valence-electron chi connectivity index (χ1n) is 6.93. The SMILES string of the molecule is COC1CCCC1N1C(=O)CNC1c1ccccc1. The van der Waals surface area contributed by atoms with Gasteiger partial charge in [-0.3, -0.25) is 10.1 Å². The van der Waals surface area contributed by atoms with Crippen LogP contribution in [0.4, 0.5) is 0 Å². The number of rotatable bonds is 3. The minimum atomic E-state index is -0.00514. The number of methoxy groups -OCH3 is 1. The van der Waals surface area contributed by atoms with Crippen LogP contribution in [0.2, 0.25) is 0 Å². The molecule has 1 aliphatic carbocycles. The second-order valence-corrected chi connectivity index (χ2v) is 5.27. The number of hydrogen-bond donors (Lipinski definition) is 1. The molecule has 3 atom stereocenters. The molecule has 1 amide bonds. The summed E-state index contributed by atoms with van der Waals surface area (Å²) in [6.45, 7) is 0.423. The second kappa shape index (κ2) is 5.31. The van der Waals surface area contributed by atoms with E-state index in [1.807, 2.05) is 23.1 Å². The standard InChI is InChI=1S/C15H20N2O2/c1-19-13-9-5-8-12(13)17-14(18)10-16-15(17)11-6-3-2-4-7-11/h2-4,6-7,12-13,15-16H,5,8-10H2,1H3. The van der Waals surface area contributed by atoms with E-state index in [1.165, 1.54) is 0 Å². The van der Waals surface area contributed by atoms with Crippen LogP contribution in [0.15, 0.2) is 30.3 Å². The molecular formula is C15H20N2O2. The number of benzene rings is 1. The fraction of sp³-hybridized carbons (Fsp3) is 0.533. The lowest BCUT2D eigenvalue weighted by molar-refractivity contribution is -0.132. The molecule has 1 saturated carbocycles. The molecule has 1 aromatic carbocycles. The zero-order valence-electron chi connectivity index (χ0n) is 11.2. The monoisotopic (exact) mass is 260 g/mol. The van der Waals surface area contributed by atoms with Crippen LogP contribution in [0.25, 0.3) is 0 Å². The Morgan fingerprint density at radius 3 is 2.79 bits per heavy atom. The molecule has 3 unspecified atom stereocenters. The van der Waals surface area contributed by atoms with Crippen LogP contribution in [0.1, 0.15) is 31.0 Å². The molecule has 1 saturated heterocycles. The Hall–Kier alpha value is -1.39. The van der Waals surface area contributed by atoms with Gasteiger partial charge in [0.15, 0.2) is 0 Å². The van der Waals surface area contributed by atoms with Crippen LogP contribution in [0.3, 0.4) is 0 Å². The van der Waals surface area contributed by atoms with Gasteiger partial charge in [0, 0.05) is 7.11 Å². The molecule has 0 radical (unpaired) electrons. The fourth-order valence-electron chi connectivity index (χ4n) is 3.31. The Bertz CT molecular complexity index is 449. The maximum absolute atomic E-state index is 12.2. The Labute approximate surface area is 113 Å². The van der Waals surface area contributed by atoms with Crippen molar-refractivity contribution in [1.29, 1.82) is 0 Å². The van der Waals surface area contributed by atoms with Crippen molar-refractivity contribution in [2.75, 3.05) is 13.7 Å². The van der Waals surface area contributed by atoms with Gasteiger partial charge in [-0.05, 0) is 24.8 Å². The van der Waals surface area contributed by atoms with Crippen molar-refractivity contribution < 1.29 is 9.53 Å². The third kappa shape index (κ3) is 2.26. The lowest BCUT2D eigenvalue weighted by atomic mass is 10.1. The van der Waals surface area contributed by atoms with Crippen LogP contribution in [-0.2, 0) is 9.53 Å². The molecule has 3 rings (SSSR count). The van der Waals surface area contributed by atoms with Crippen molar-refractivity contribution in [2.45, 2.75) is 37.6 Å². The van der Waals surface area contributed by atoms with Crippen LogP contribution >= 0.6 is 0 Å². The minimum Gasteiger partial charge on any atom is -0.379 e. The van der Waals surface area contributed by atoms with E-state index in [2.05, 4.69) is 17.4 Å². The maximum Gasteiger partial charge on any atom is 0.238 e. The topological polar surface area (TPSA) is 41.6 Å². The summed E-state index contributed by atoms with van der Waals surface area (Å²) >= 11 is 0. The van der Waals surface area contributed by atoms with Gasteiger partial charge in [-0.25, -0.2) is 0 Å². The third-order valence-corrected chi connectivity index (χ3v) is 4.21. The summed E-state index contributed by atoms with van der Waals surface area (Å²) in [7, 11) is 1.74. The molecule has 0 spiro atoms. The Balaban J connectivity index is 1.87. The predicted octanol–water partition coefficient (Wildman–Crippen LogP) is 1.68. The highest BCUT2D eigenvalue weighted by Crippen LogP contribution is 2.33. The fourth-order valence-corrected chi connectivity index (χ4v) is 3.31. The van der Waals surface area contributed by atoms with E-state index in [1.54, 1.807) is 7.11 Å². The Kier molecular flexibility index (Phi) is 3.53. The van der Waals surface area contributed by atoms with Crippen molar-refractivity contribution in [3.05, 3.63) is 35.9 Å². The highest BCUT2D eigenvalue weighted by atomic mass is 16.5. The smallest absolute Gasteiger partial charge is 0.238 e. The summed E-state index contributed by atoms with van der Waals surface area (Å²) in [6, 6.07) is 10.4. The lowest BCUT2D eigenvalue weighted by Gasteiger charge is -2.33. The molecule has 0 bridgehead atoms. The first-order chi connectivity index (χ1) is 9.31. The van der Waals surface area contributed by atoms with E-state index >= 15 is 0 Å². The molecule has 19 heavy (non-hydrogen) atoms. The normalized spacial score (nSPS) is 31.1. The number of nitrogens with one attached hydrogen (secondary N) is 1. The van der Waals surface area contributed by atoms with Crippen molar-refractivity contribution in [1.82, 2.24) is 10.2 Å². The van der Waals surface area contributed by atoms with Gasteiger partial charge in [-0.2, -0.15) is 0 Å². The van der Waals surface area contributed by atoms with Crippen molar-refractivity contribution in [3.8, 4) is 0 Å².